The molecular weight excluding hydrogens is 351 g/mol. The quantitative estimate of drug-likeness (QED) is 0.734. The molecule has 0 aliphatic carbocycles. The first kappa shape index (κ1) is 19.1. The highest BCUT2D eigenvalue weighted by molar-refractivity contribution is 7.86. The summed E-state index contributed by atoms with van der Waals surface area (Å²) in [5.41, 5.74) is -1.28. The Kier molecular flexibility index (Phi) is 5.50. The molecule has 2 rings (SSSR count). The van der Waals surface area contributed by atoms with Crippen LogP contribution in [-0.4, -0.2) is 56.4 Å². The minimum Gasteiger partial charge on any atom is -0.350 e. The maximum atomic E-state index is 13.3. The molecule has 1 aromatic heterocycles. The molecule has 1 aromatic rings. The van der Waals surface area contributed by atoms with Crippen LogP contribution in [0.15, 0.2) is 12.3 Å². The highest BCUT2D eigenvalue weighted by atomic mass is 32.2. The Balaban J connectivity index is 2.37. The number of hydrogen-bond acceptors (Lipinski definition) is 5. The minimum absolute atomic E-state index is 0.135. The highest BCUT2D eigenvalue weighted by Gasteiger charge is 2.38. The predicted octanol–water partition coefficient (Wildman–Crippen LogP) is 1.38. The average Bonchev–Trinajstić information content (AvgIpc) is 2.75. The maximum absolute atomic E-state index is 13.3. The Morgan fingerprint density at radius 2 is 1.92 bits per heavy atom. The van der Waals surface area contributed by atoms with Gasteiger partial charge in [0.05, 0.1) is 5.56 Å². The molecule has 1 aliphatic heterocycles. The number of ether oxygens (including phenoxy) is 2. The van der Waals surface area contributed by atoms with E-state index in [1.54, 1.807) is 0 Å². The summed E-state index contributed by atoms with van der Waals surface area (Å²) >= 11 is 0. The molecule has 0 spiro atoms. The van der Waals surface area contributed by atoms with Crippen LogP contribution in [-0.2, 0) is 32.4 Å². The summed E-state index contributed by atoms with van der Waals surface area (Å²) in [6.07, 6.45) is -4.74. The normalized spacial score (nSPS) is 19.3. The Morgan fingerprint density at radius 1 is 1.29 bits per heavy atom. The number of aromatic nitrogens is 1. The summed E-state index contributed by atoms with van der Waals surface area (Å²) in [5.74, 6) is 0. The predicted molar refractivity (Wildman–Crippen MR) is 78.0 cm³/mol. The summed E-state index contributed by atoms with van der Waals surface area (Å²) in [4.78, 5) is 3.79. The molecule has 1 fully saturated rings. The number of pyridine rings is 1. The van der Waals surface area contributed by atoms with Gasteiger partial charge in [-0.3, -0.25) is 4.98 Å². The van der Waals surface area contributed by atoms with Crippen molar-refractivity contribution in [2.24, 2.45) is 0 Å². The zero-order valence-electron chi connectivity index (χ0n) is 13.4. The summed E-state index contributed by atoms with van der Waals surface area (Å²) in [5, 5.41) is 0. The fraction of sp³-hybridized carbons (Fsp3) is 0.615. The SMILES string of the molecule is COC(OC)c1ncc(CN2CCN(C)S2(=O)=O)cc1C(F)(F)F. The van der Waals surface area contributed by atoms with Gasteiger partial charge in [-0.15, -0.1) is 0 Å². The zero-order chi connectivity index (χ0) is 18.1. The second-order valence-corrected chi connectivity index (χ2v) is 7.28. The van der Waals surface area contributed by atoms with E-state index in [1.807, 2.05) is 0 Å². The van der Waals surface area contributed by atoms with Crippen molar-refractivity contribution in [3.63, 3.8) is 0 Å². The fourth-order valence-electron chi connectivity index (χ4n) is 2.38. The lowest BCUT2D eigenvalue weighted by atomic mass is 10.1. The molecule has 0 atom stereocenters. The first-order valence-corrected chi connectivity index (χ1v) is 8.34. The van der Waals surface area contributed by atoms with Crippen molar-refractivity contribution < 1.29 is 31.1 Å². The molecule has 2 heterocycles. The highest BCUT2D eigenvalue weighted by Crippen LogP contribution is 2.35. The van der Waals surface area contributed by atoms with Gasteiger partial charge in [0.1, 0.15) is 5.69 Å². The Labute approximate surface area is 138 Å². The van der Waals surface area contributed by atoms with Gasteiger partial charge in [-0.05, 0) is 11.6 Å². The van der Waals surface area contributed by atoms with Gasteiger partial charge in [0.2, 0.25) is 6.29 Å². The molecule has 0 saturated carbocycles. The number of rotatable bonds is 5. The molecule has 0 amide bonds. The van der Waals surface area contributed by atoms with E-state index in [2.05, 4.69) is 4.98 Å². The third-order valence-electron chi connectivity index (χ3n) is 3.68. The van der Waals surface area contributed by atoms with Crippen molar-refractivity contribution in [3.8, 4) is 0 Å². The van der Waals surface area contributed by atoms with Gasteiger partial charge >= 0.3 is 6.18 Å². The van der Waals surface area contributed by atoms with Crippen LogP contribution in [0.3, 0.4) is 0 Å². The Bertz CT molecular complexity index is 692. The molecule has 1 aliphatic rings. The molecule has 0 bridgehead atoms. The molecular formula is C13H18F3N3O4S. The third kappa shape index (κ3) is 3.70. The minimum atomic E-state index is -4.67. The summed E-state index contributed by atoms with van der Waals surface area (Å²) in [6, 6.07) is 0.876. The molecule has 0 N–H and O–H groups in total. The van der Waals surface area contributed by atoms with Crippen LogP contribution in [0.4, 0.5) is 13.2 Å². The largest absolute Gasteiger partial charge is 0.418 e. The van der Waals surface area contributed by atoms with Gasteiger partial charge in [0.15, 0.2) is 0 Å². The second kappa shape index (κ2) is 6.92. The van der Waals surface area contributed by atoms with Crippen molar-refractivity contribution in [2.45, 2.75) is 19.0 Å². The Morgan fingerprint density at radius 3 is 2.38 bits per heavy atom. The van der Waals surface area contributed by atoms with Crippen molar-refractivity contribution in [2.75, 3.05) is 34.4 Å². The second-order valence-electron chi connectivity index (χ2n) is 5.24. The van der Waals surface area contributed by atoms with Crippen molar-refractivity contribution in [1.29, 1.82) is 0 Å². The van der Waals surface area contributed by atoms with E-state index in [1.165, 1.54) is 27.5 Å². The third-order valence-corrected chi connectivity index (χ3v) is 5.61. The first-order chi connectivity index (χ1) is 11.1. The summed E-state index contributed by atoms with van der Waals surface area (Å²) in [6.45, 7) is 0.309. The lowest BCUT2D eigenvalue weighted by Crippen LogP contribution is -2.30. The maximum Gasteiger partial charge on any atom is 0.418 e. The number of nitrogens with zero attached hydrogens (tertiary/aromatic N) is 3. The monoisotopic (exact) mass is 369 g/mol. The average molecular weight is 369 g/mol. The van der Waals surface area contributed by atoms with Crippen molar-refractivity contribution >= 4 is 10.2 Å². The van der Waals surface area contributed by atoms with Crippen LogP contribution >= 0.6 is 0 Å². The van der Waals surface area contributed by atoms with Crippen LogP contribution in [0.5, 0.6) is 0 Å². The number of hydrogen-bond donors (Lipinski definition) is 0. The first-order valence-electron chi connectivity index (χ1n) is 6.94. The number of methoxy groups -OCH3 is 2. The molecule has 136 valence electrons. The van der Waals surface area contributed by atoms with Gasteiger partial charge in [-0.25, -0.2) is 0 Å². The van der Waals surface area contributed by atoms with Gasteiger partial charge in [-0.1, -0.05) is 0 Å². The smallest absolute Gasteiger partial charge is 0.350 e. The summed E-state index contributed by atoms with van der Waals surface area (Å²) < 4.78 is 75.9. The standard InChI is InChI=1S/C13H18F3N3O4S/c1-18-4-5-19(24(18,20)21)8-9-6-10(13(14,15)16)11(17-7-9)12(22-2)23-3/h6-7,12H,4-5,8H2,1-3H3. The number of halogens is 3. The van der Waals surface area contributed by atoms with Gasteiger partial charge in [0, 0.05) is 47.1 Å². The molecule has 24 heavy (non-hydrogen) atoms. The van der Waals surface area contributed by atoms with E-state index in [0.29, 0.717) is 0 Å². The van der Waals surface area contributed by atoms with Crippen LogP contribution < -0.4 is 0 Å². The van der Waals surface area contributed by atoms with E-state index in [0.717, 1.165) is 14.7 Å². The van der Waals surface area contributed by atoms with Crippen LogP contribution in [0.1, 0.15) is 23.1 Å². The summed E-state index contributed by atoms with van der Waals surface area (Å²) in [7, 11) is 0.186. The van der Waals surface area contributed by atoms with E-state index < -0.39 is 33.9 Å². The van der Waals surface area contributed by atoms with E-state index in [4.69, 9.17) is 9.47 Å². The molecule has 11 heteroatoms. The lowest BCUT2D eigenvalue weighted by molar-refractivity contribution is -0.149. The molecule has 0 aromatic carbocycles. The zero-order valence-corrected chi connectivity index (χ0v) is 14.2. The van der Waals surface area contributed by atoms with E-state index in [-0.39, 0.29) is 25.2 Å². The molecule has 0 unspecified atom stereocenters. The molecule has 0 radical (unpaired) electrons. The van der Waals surface area contributed by atoms with E-state index in [9.17, 15) is 21.6 Å². The molecule has 1 saturated heterocycles. The van der Waals surface area contributed by atoms with Gasteiger partial charge in [0.25, 0.3) is 10.2 Å². The number of likely N-dealkylation sites (N-methyl/N-ethyl adjacent to an activating group) is 1. The van der Waals surface area contributed by atoms with Crippen LogP contribution in [0.25, 0.3) is 0 Å². The van der Waals surface area contributed by atoms with Crippen molar-refractivity contribution in [1.82, 2.24) is 13.6 Å². The Hall–Kier alpha value is -1.27. The molecule has 7 nitrogen and oxygen atoms in total. The van der Waals surface area contributed by atoms with E-state index >= 15 is 0 Å². The number of alkyl halides is 3. The van der Waals surface area contributed by atoms with Crippen molar-refractivity contribution in [3.05, 3.63) is 29.1 Å². The van der Waals surface area contributed by atoms with Gasteiger partial charge in [-0.2, -0.15) is 30.2 Å². The fourth-order valence-corrected chi connectivity index (χ4v) is 3.72. The van der Waals surface area contributed by atoms with Crippen LogP contribution in [0, 0.1) is 0 Å². The topological polar surface area (TPSA) is 72.0 Å². The van der Waals surface area contributed by atoms with Gasteiger partial charge < -0.3 is 9.47 Å². The van der Waals surface area contributed by atoms with Crippen LogP contribution in [0.2, 0.25) is 0 Å². The lowest BCUT2D eigenvalue weighted by Gasteiger charge is -2.20.